The molecule has 0 spiro atoms. The molecule has 0 heterocycles. The monoisotopic (exact) mass is 348 g/mol. The van der Waals surface area contributed by atoms with E-state index in [1.54, 1.807) is 30.1 Å². The third-order valence-corrected chi connectivity index (χ3v) is 4.26. The van der Waals surface area contributed by atoms with Gasteiger partial charge in [0, 0.05) is 24.0 Å². The second kappa shape index (κ2) is 6.50. The number of hydrogen-bond acceptors (Lipinski definition) is 2. The third kappa shape index (κ3) is 3.67. The summed E-state index contributed by atoms with van der Waals surface area (Å²) in [6, 6.07) is 5.25. The third-order valence-electron chi connectivity index (χ3n) is 2.56. The van der Waals surface area contributed by atoms with Crippen molar-refractivity contribution in [2.45, 2.75) is 6.92 Å². The van der Waals surface area contributed by atoms with Crippen molar-refractivity contribution in [1.82, 2.24) is 4.90 Å². The van der Waals surface area contributed by atoms with Gasteiger partial charge in [0.2, 0.25) is 0 Å². The van der Waals surface area contributed by atoms with Crippen LogP contribution in [0.4, 0.5) is 0 Å². The van der Waals surface area contributed by atoms with Gasteiger partial charge in [0.25, 0.3) is 5.91 Å². The van der Waals surface area contributed by atoms with Gasteiger partial charge in [0.1, 0.15) is 0 Å². The lowest BCUT2D eigenvalue weighted by Gasteiger charge is -2.21. The fourth-order valence-electron chi connectivity index (χ4n) is 1.46. The van der Waals surface area contributed by atoms with Crippen molar-refractivity contribution in [3.63, 3.8) is 0 Å². The molecule has 0 radical (unpaired) electrons. The van der Waals surface area contributed by atoms with Crippen molar-refractivity contribution in [2.24, 2.45) is 11.7 Å². The van der Waals surface area contributed by atoms with E-state index in [0.717, 1.165) is 0 Å². The summed E-state index contributed by atoms with van der Waals surface area (Å²) in [5.41, 5.74) is 6.00. The number of carbonyl (C=O) groups is 1. The van der Waals surface area contributed by atoms with Crippen molar-refractivity contribution in [2.75, 3.05) is 13.6 Å². The molecule has 0 bridgehead atoms. The Morgan fingerprint density at radius 1 is 1.61 bits per heavy atom. The van der Waals surface area contributed by atoms with Crippen LogP contribution in [0, 0.1) is 5.92 Å². The van der Waals surface area contributed by atoms with E-state index >= 15 is 0 Å². The van der Waals surface area contributed by atoms with Gasteiger partial charge in [-0.05, 0) is 28.1 Å². The van der Waals surface area contributed by atoms with Gasteiger partial charge in [0.05, 0.1) is 15.6 Å². The van der Waals surface area contributed by atoms with Crippen LogP contribution in [0.2, 0.25) is 5.02 Å². The molecule has 1 amide bonds. The molecule has 3 nitrogen and oxygen atoms in total. The molecular weight excluding hydrogens is 336 g/mol. The summed E-state index contributed by atoms with van der Waals surface area (Å²) < 4.78 is 0.700. The van der Waals surface area contributed by atoms with E-state index in [-0.39, 0.29) is 11.8 Å². The van der Waals surface area contributed by atoms with Crippen LogP contribution < -0.4 is 5.73 Å². The summed E-state index contributed by atoms with van der Waals surface area (Å²) in [7, 11) is 1.70. The Morgan fingerprint density at radius 2 is 2.22 bits per heavy atom. The van der Waals surface area contributed by atoms with Crippen LogP contribution in [0.5, 0.6) is 0 Å². The molecule has 98 valence electrons. The molecule has 1 rings (SSSR count). The Bertz CT molecular complexity index is 481. The maximum Gasteiger partial charge on any atom is 0.255 e. The summed E-state index contributed by atoms with van der Waals surface area (Å²) in [6.45, 7) is 2.35. The first kappa shape index (κ1) is 15.4. The first-order valence-electron chi connectivity index (χ1n) is 5.33. The van der Waals surface area contributed by atoms with Gasteiger partial charge in [-0.25, -0.2) is 0 Å². The molecule has 0 saturated heterocycles. The highest BCUT2D eigenvalue weighted by atomic mass is 79.9. The Morgan fingerprint density at radius 3 is 2.78 bits per heavy atom. The molecule has 2 N–H and O–H groups in total. The van der Waals surface area contributed by atoms with Gasteiger partial charge in [-0.15, -0.1) is 0 Å². The summed E-state index contributed by atoms with van der Waals surface area (Å²) in [4.78, 5) is 14.2. The number of nitrogens with two attached hydrogens (primary N) is 1. The fourth-order valence-corrected chi connectivity index (χ4v) is 2.11. The zero-order chi connectivity index (χ0) is 13.9. The van der Waals surface area contributed by atoms with Crippen molar-refractivity contribution < 1.29 is 4.79 Å². The highest BCUT2D eigenvalue weighted by Gasteiger charge is 2.18. The average molecular weight is 350 g/mol. The Balaban J connectivity index is 2.87. The molecule has 0 aromatic heterocycles. The first-order chi connectivity index (χ1) is 8.34. The van der Waals surface area contributed by atoms with E-state index in [2.05, 4.69) is 15.9 Å². The van der Waals surface area contributed by atoms with E-state index in [1.165, 1.54) is 0 Å². The van der Waals surface area contributed by atoms with E-state index in [0.29, 0.717) is 26.6 Å². The molecular formula is C12H14BrClN2OS. The standard InChI is InChI=1S/C12H14BrClN2OS/c1-7(11(15)18)6-16(2)12(17)8-4-3-5-9(13)10(8)14/h3-5,7H,6H2,1-2H3,(H2,15,18). The first-order valence-corrected chi connectivity index (χ1v) is 6.91. The molecule has 0 saturated carbocycles. The molecule has 1 aromatic carbocycles. The molecule has 0 aliphatic carbocycles. The number of carbonyl (C=O) groups excluding carboxylic acids is 1. The molecule has 1 aromatic rings. The van der Waals surface area contributed by atoms with Crippen molar-refractivity contribution in [3.8, 4) is 0 Å². The maximum atomic E-state index is 12.2. The van der Waals surface area contributed by atoms with E-state index < -0.39 is 0 Å². The van der Waals surface area contributed by atoms with Crippen LogP contribution in [0.25, 0.3) is 0 Å². The lowest BCUT2D eigenvalue weighted by Crippen LogP contribution is -2.35. The fraction of sp³-hybridized carbons (Fsp3) is 0.333. The summed E-state index contributed by atoms with van der Waals surface area (Å²) in [5.74, 6) is -0.177. The minimum atomic E-state index is -0.149. The van der Waals surface area contributed by atoms with E-state index in [4.69, 9.17) is 29.6 Å². The van der Waals surface area contributed by atoms with Crippen LogP contribution >= 0.6 is 39.7 Å². The Hall–Kier alpha value is -0.650. The lowest BCUT2D eigenvalue weighted by atomic mass is 10.1. The molecule has 1 atom stereocenters. The Labute approximate surface area is 125 Å². The van der Waals surface area contributed by atoms with Crippen LogP contribution in [0.3, 0.4) is 0 Å². The van der Waals surface area contributed by atoms with Gasteiger partial charge in [-0.2, -0.15) is 0 Å². The largest absolute Gasteiger partial charge is 0.393 e. The van der Waals surface area contributed by atoms with Crippen molar-refractivity contribution in [1.29, 1.82) is 0 Å². The summed E-state index contributed by atoms with van der Waals surface area (Å²) >= 11 is 14.3. The molecule has 0 aliphatic rings. The quantitative estimate of drug-likeness (QED) is 0.850. The predicted molar refractivity (Wildman–Crippen MR) is 82.1 cm³/mol. The van der Waals surface area contributed by atoms with E-state index in [1.807, 2.05) is 6.92 Å². The zero-order valence-corrected chi connectivity index (χ0v) is 13.3. The second-order valence-corrected chi connectivity index (χ2v) is 5.79. The second-order valence-electron chi connectivity index (χ2n) is 4.09. The molecule has 0 fully saturated rings. The zero-order valence-electron chi connectivity index (χ0n) is 10.1. The van der Waals surface area contributed by atoms with Crippen LogP contribution in [0.1, 0.15) is 17.3 Å². The minimum absolute atomic E-state index is 0.0279. The van der Waals surface area contributed by atoms with Gasteiger partial charge < -0.3 is 10.6 Å². The Kier molecular flexibility index (Phi) is 5.56. The van der Waals surface area contributed by atoms with Gasteiger partial charge >= 0.3 is 0 Å². The molecule has 6 heteroatoms. The number of rotatable bonds is 4. The minimum Gasteiger partial charge on any atom is -0.393 e. The van der Waals surface area contributed by atoms with E-state index in [9.17, 15) is 4.79 Å². The van der Waals surface area contributed by atoms with Crippen LogP contribution in [0.15, 0.2) is 22.7 Å². The van der Waals surface area contributed by atoms with Crippen molar-refractivity contribution >= 4 is 50.6 Å². The summed E-state index contributed by atoms with van der Waals surface area (Å²) in [6.07, 6.45) is 0. The lowest BCUT2D eigenvalue weighted by molar-refractivity contribution is 0.0787. The highest BCUT2D eigenvalue weighted by Crippen LogP contribution is 2.26. The SMILES string of the molecule is CC(CN(C)C(=O)c1cccc(Br)c1Cl)C(N)=S. The van der Waals surface area contributed by atoms with Gasteiger partial charge in [-0.1, -0.05) is 36.8 Å². The predicted octanol–water partition coefficient (Wildman–Crippen LogP) is 3.10. The number of halogens is 2. The van der Waals surface area contributed by atoms with Crippen LogP contribution in [-0.2, 0) is 0 Å². The molecule has 1 unspecified atom stereocenters. The van der Waals surface area contributed by atoms with Gasteiger partial charge in [0.15, 0.2) is 0 Å². The number of hydrogen-bond donors (Lipinski definition) is 1. The smallest absolute Gasteiger partial charge is 0.255 e. The summed E-state index contributed by atoms with van der Waals surface area (Å²) in [5, 5.41) is 0.414. The molecule has 18 heavy (non-hydrogen) atoms. The maximum absolute atomic E-state index is 12.2. The number of thiocarbonyl (C=S) groups is 1. The molecule has 0 aliphatic heterocycles. The number of benzene rings is 1. The average Bonchev–Trinajstić information content (AvgIpc) is 2.31. The highest BCUT2D eigenvalue weighted by molar-refractivity contribution is 9.10. The van der Waals surface area contributed by atoms with Crippen LogP contribution in [-0.4, -0.2) is 29.4 Å². The normalized spacial score (nSPS) is 12.0. The number of amides is 1. The van der Waals surface area contributed by atoms with Gasteiger partial charge in [-0.3, -0.25) is 4.79 Å². The number of nitrogens with zero attached hydrogens (tertiary/aromatic N) is 1. The topological polar surface area (TPSA) is 46.3 Å². The van der Waals surface area contributed by atoms with Crippen molar-refractivity contribution in [3.05, 3.63) is 33.3 Å².